The second-order valence-electron chi connectivity index (χ2n) is 3.31. The number of nitrogens with two attached hydrogens (primary N) is 1. The molecule has 1 atom stereocenters. The molecule has 0 radical (unpaired) electrons. The fourth-order valence-corrected chi connectivity index (χ4v) is 2.73. The van der Waals surface area contributed by atoms with Gasteiger partial charge in [-0.15, -0.1) is 0 Å². The highest BCUT2D eigenvalue weighted by atomic mass is 32.2. The number of nitrogens with zero attached hydrogens (tertiary/aromatic N) is 3. The van der Waals surface area contributed by atoms with Gasteiger partial charge in [-0.25, -0.2) is 0 Å². The Hall–Kier alpha value is -0.860. The van der Waals surface area contributed by atoms with Gasteiger partial charge in [0.1, 0.15) is 0 Å². The minimum atomic E-state index is -3.56. The number of likely N-dealkylation sites (N-methyl/N-ethyl adjacent to an activating group) is 1. The van der Waals surface area contributed by atoms with Crippen molar-refractivity contribution in [1.29, 1.82) is 0 Å². The van der Waals surface area contributed by atoms with Crippen molar-refractivity contribution in [2.75, 3.05) is 20.1 Å². The number of oxime groups is 1. The molecule has 3 N–H and O–H groups in total. The van der Waals surface area contributed by atoms with E-state index in [9.17, 15) is 8.42 Å². The summed E-state index contributed by atoms with van der Waals surface area (Å²) in [6.45, 7) is 5.82. The Morgan fingerprint density at radius 3 is 2.19 bits per heavy atom. The summed E-state index contributed by atoms with van der Waals surface area (Å²) in [7, 11) is -2.16. The zero-order chi connectivity index (χ0) is 12.9. The number of amidine groups is 1. The lowest BCUT2D eigenvalue weighted by molar-refractivity contribution is 0.309. The van der Waals surface area contributed by atoms with Gasteiger partial charge in [0.05, 0.1) is 6.04 Å². The molecule has 96 valence electrons. The van der Waals surface area contributed by atoms with Crippen molar-refractivity contribution in [3.05, 3.63) is 0 Å². The highest BCUT2D eigenvalue weighted by molar-refractivity contribution is 7.86. The van der Waals surface area contributed by atoms with Crippen LogP contribution in [0.1, 0.15) is 20.8 Å². The first-order chi connectivity index (χ1) is 7.32. The molecule has 16 heavy (non-hydrogen) atoms. The van der Waals surface area contributed by atoms with Crippen LogP contribution in [0.5, 0.6) is 0 Å². The van der Waals surface area contributed by atoms with Gasteiger partial charge in [0.2, 0.25) is 0 Å². The van der Waals surface area contributed by atoms with Crippen molar-refractivity contribution >= 4 is 16.0 Å². The fourth-order valence-electron chi connectivity index (χ4n) is 1.20. The number of hydrogen-bond acceptors (Lipinski definition) is 4. The van der Waals surface area contributed by atoms with Gasteiger partial charge in [0, 0.05) is 20.1 Å². The van der Waals surface area contributed by atoms with Crippen LogP contribution in [-0.4, -0.2) is 54.3 Å². The predicted octanol–water partition coefficient (Wildman–Crippen LogP) is -0.360. The molecule has 0 fully saturated rings. The van der Waals surface area contributed by atoms with Crippen LogP contribution in [0.4, 0.5) is 0 Å². The molecule has 0 bridgehead atoms. The summed E-state index contributed by atoms with van der Waals surface area (Å²) >= 11 is 0. The fraction of sp³-hybridized carbons (Fsp3) is 0.875. The first kappa shape index (κ1) is 15.1. The van der Waals surface area contributed by atoms with Crippen molar-refractivity contribution in [1.82, 2.24) is 8.61 Å². The molecule has 0 aliphatic heterocycles. The van der Waals surface area contributed by atoms with E-state index in [1.807, 2.05) is 0 Å². The lowest BCUT2D eigenvalue weighted by Crippen LogP contribution is -2.49. The van der Waals surface area contributed by atoms with Crippen molar-refractivity contribution < 1.29 is 13.6 Å². The predicted molar refractivity (Wildman–Crippen MR) is 62.5 cm³/mol. The van der Waals surface area contributed by atoms with Crippen LogP contribution in [0.3, 0.4) is 0 Å². The van der Waals surface area contributed by atoms with E-state index in [2.05, 4.69) is 5.16 Å². The summed E-state index contributed by atoms with van der Waals surface area (Å²) in [5.74, 6) is -0.141. The molecule has 0 aliphatic rings. The highest BCUT2D eigenvalue weighted by Crippen LogP contribution is 2.09. The van der Waals surface area contributed by atoms with Crippen molar-refractivity contribution in [3.8, 4) is 0 Å². The van der Waals surface area contributed by atoms with Gasteiger partial charge in [0.25, 0.3) is 10.2 Å². The zero-order valence-corrected chi connectivity index (χ0v) is 10.9. The maximum Gasteiger partial charge on any atom is 0.282 e. The molecule has 0 amide bonds. The molecule has 0 saturated carbocycles. The Morgan fingerprint density at radius 1 is 1.44 bits per heavy atom. The SMILES string of the molecule is CCN(CC)S(=O)(=O)N(C)C(C)C(N)=NO. The van der Waals surface area contributed by atoms with Crippen LogP contribution in [0.15, 0.2) is 5.16 Å². The standard InChI is InChI=1S/C8H20N4O3S/c1-5-12(6-2)16(14,15)11(4)7(3)8(9)10-13/h7,13H,5-6H2,1-4H3,(H2,9,10). The Labute approximate surface area is 96.7 Å². The normalized spacial score (nSPS) is 15.8. The van der Waals surface area contributed by atoms with Gasteiger partial charge < -0.3 is 10.9 Å². The van der Waals surface area contributed by atoms with Gasteiger partial charge in [-0.3, -0.25) is 0 Å². The van der Waals surface area contributed by atoms with E-state index < -0.39 is 16.3 Å². The summed E-state index contributed by atoms with van der Waals surface area (Å²) in [4.78, 5) is 0. The average Bonchev–Trinajstić information content (AvgIpc) is 2.27. The van der Waals surface area contributed by atoms with Crippen LogP contribution in [0.25, 0.3) is 0 Å². The molecular weight excluding hydrogens is 232 g/mol. The molecule has 0 aromatic carbocycles. The Bertz CT molecular complexity index is 337. The van der Waals surface area contributed by atoms with E-state index >= 15 is 0 Å². The smallest absolute Gasteiger partial charge is 0.282 e. The van der Waals surface area contributed by atoms with E-state index in [1.54, 1.807) is 20.8 Å². The molecule has 0 rings (SSSR count). The molecule has 0 spiro atoms. The largest absolute Gasteiger partial charge is 0.409 e. The zero-order valence-electron chi connectivity index (χ0n) is 10.1. The first-order valence-electron chi connectivity index (χ1n) is 5.03. The lowest BCUT2D eigenvalue weighted by atomic mass is 10.3. The molecule has 0 saturated heterocycles. The van der Waals surface area contributed by atoms with Gasteiger partial charge in [-0.05, 0) is 6.92 Å². The van der Waals surface area contributed by atoms with Crippen molar-refractivity contribution in [2.45, 2.75) is 26.8 Å². The molecule has 0 aliphatic carbocycles. The Morgan fingerprint density at radius 2 is 1.88 bits per heavy atom. The second kappa shape index (κ2) is 6.02. The maximum absolute atomic E-state index is 12.0. The average molecular weight is 252 g/mol. The van der Waals surface area contributed by atoms with Crippen molar-refractivity contribution in [2.24, 2.45) is 10.9 Å². The summed E-state index contributed by atoms with van der Waals surface area (Å²) in [5.41, 5.74) is 5.37. The van der Waals surface area contributed by atoms with Crippen molar-refractivity contribution in [3.63, 3.8) is 0 Å². The van der Waals surface area contributed by atoms with Crippen LogP contribution in [0.2, 0.25) is 0 Å². The summed E-state index contributed by atoms with van der Waals surface area (Å²) in [6.07, 6.45) is 0. The maximum atomic E-state index is 12.0. The summed E-state index contributed by atoms with van der Waals surface area (Å²) in [5, 5.41) is 11.3. The number of rotatable bonds is 6. The second-order valence-corrected chi connectivity index (χ2v) is 5.30. The minimum absolute atomic E-state index is 0.141. The molecule has 0 heterocycles. The number of hydrogen-bond donors (Lipinski definition) is 2. The minimum Gasteiger partial charge on any atom is -0.409 e. The van der Waals surface area contributed by atoms with Crippen LogP contribution in [0, 0.1) is 0 Å². The lowest BCUT2D eigenvalue weighted by Gasteiger charge is -2.29. The molecule has 0 aromatic heterocycles. The Balaban J connectivity index is 5.03. The molecule has 1 unspecified atom stereocenters. The van der Waals surface area contributed by atoms with Crippen LogP contribution >= 0.6 is 0 Å². The van der Waals surface area contributed by atoms with E-state index in [1.165, 1.54) is 11.4 Å². The van der Waals surface area contributed by atoms with Crippen LogP contribution in [-0.2, 0) is 10.2 Å². The topological polar surface area (TPSA) is 99.2 Å². The molecular formula is C8H20N4O3S. The third-order valence-corrected chi connectivity index (χ3v) is 4.70. The van der Waals surface area contributed by atoms with Crippen LogP contribution < -0.4 is 5.73 Å². The van der Waals surface area contributed by atoms with Gasteiger partial charge in [0.15, 0.2) is 5.84 Å². The van der Waals surface area contributed by atoms with E-state index in [0.29, 0.717) is 13.1 Å². The molecule has 8 heteroatoms. The van der Waals surface area contributed by atoms with Gasteiger partial charge in [-0.1, -0.05) is 19.0 Å². The highest BCUT2D eigenvalue weighted by Gasteiger charge is 2.30. The monoisotopic (exact) mass is 252 g/mol. The third kappa shape index (κ3) is 3.06. The summed E-state index contributed by atoms with van der Waals surface area (Å²) in [6, 6.07) is -0.685. The Kier molecular flexibility index (Phi) is 5.70. The van der Waals surface area contributed by atoms with E-state index in [-0.39, 0.29) is 5.84 Å². The first-order valence-corrected chi connectivity index (χ1v) is 6.43. The molecule has 0 aromatic rings. The third-order valence-electron chi connectivity index (χ3n) is 2.48. The summed E-state index contributed by atoms with van der Waals surface area (Å²) < 4.78 is 26.4. The van der Waals surface area contributed by atoms with E-state index in [4.69, 9.17) is 10.9 Å². The van der Waals surface area contributed by atoms with Gasteiger partial charge >= 0.3 is 0 Å². The van der Waals surface area contributed by atoms with Gasteiger partial charge in [-0.2, -0.15) is 17.0 Å². The quantitative estimate of drug-likeness (QED) is 0.292. The van der Waals surface area contributed by atoms with E-state index in [0.717, 1.165) is 4.31 Å². The molecule has 7 nitrogen and oxygen atoms in total.